The van der Waals surface area contributed by atoms with Crippen molar-refractivity contribution in [1.82, 2.24) is 0 Å². The molecule has 3 saturated carbocycles. The maximum absolute atomic E-state index is 11.3. The first-order chi connectivity index (χ1) is 14.9. The van der Waals surface area contributed by atoms with E-state index in [1.54, 1.807) is 6.92 Å². The maximum Gasteiger partial charge on any atom is 0.129 e. The average Bonchev–Trinajstić information content (AvgIpc) is 3.14. The van der Waals surface area contributed by atoms with Gasteiger partial charge in [0.25, 0.3) is 0 Å². The van der Waals surface area contributed by atoms with E-state index in [0.717, 1.165) is 36.5 Å². The SMILES string of the molecule is CC.CC.CC.CC(=O)CCCC1CCC2C3CC=C4CCCCC4(C)C3CCC12C. The molecule has 0 radical (unpaired) electrons. The Labute approximate surface area is 196 Å². The molecule has 0 aromatic carbocycles. The van der Waals surface area contributed by atoms with E-state index in [-0.39, 0.29) is 0 Å². The second-order valence-corrected chi connectivity index (χ2v) is 10.4. The molecule has 0 aliphatic heterocycles. The molecule has 182 valence electrons. The third kappa shape index (κ3) is 5.86. The van der Waals surface area contributed by atoms with Crippen molar-refractivity contribution in [3.8, 4) is 0 Å². The molecule has 0 amide bonds. The van der Waals surface area contributed by atoms with Gasteiger partial charge in [0.05, 0.1) is 0 Å². The van der Waals surface area contributed by atoms with Gasteiger partial charge in [0.1, 0.15) is 5.78 Å². The van der Waals surface area contributed by atoms with Crippen LogP contribution in [0.15, 0.2) is 11.6 Å². The van der Waals surface area contributed by atoms with E-state index in [9.17, 15) is 4.79 Å². The average molecular weight is 433 g/mol. The van der Waals surface area contributed by atoms with Gasteiger partial charge in [-0.05, 0) is 106 Å². The standard InChI is InChI=1S/C24H38O.3C2H6/c1-17(25)7-6-9-19-11-13-21-20-12-10-18-8-4-5-15-23(18,2)22(20)14-16-24(19,21)3;3*1-2/h10,19-22H,4-9,11-16H2,1-3H3;3*1-2H3. The molecule has 0 bridgehead atoms. The van der Waals surface area contributed by atoms with Crippen molar-refractivity contribution in [2.75, 3.05) is 0 Å². The largest absolute Gasteiger partial charge is 0.300 e. The Morgan fingerprint density at radius 2 is 1.61 bits per heavy atom. The summed E-state index contributed by atoms with van der Waals surface area (Å²) in [7, 11) is 0. The number of allylic oxidation sites excluding steroid dienone is 2. The van der Waals surface area contributed by atoms with Gasteiger partial charge in [-0.2, -0.15) is 0 Å². The maximum atomic E-state index is 11.3. The fourth-order valence-corrected chi connectivity index (χ4v) is 7.88. The number of rotatable bonds is 4. The van der Waals surface area contributed by atoms with E-state index in [0.29, 0.717) is 16.6 Å². The van der Waals surface area contributed by atoms with E-state index >= 15 is 0 Å². The van der Waals surface area contributed by atoms with Crippen molar-refractivity contribution in [2.24, 2.45) is 34.5 Å². The molecule has 1 nitrogen and oxygen atoms in total. The third-order valence-corrected chi connectivity index (χ3v) is 9.30. The minimum absolute atomic E-state index is 0.374. The van der Waals surface area contributed by atoms with Crippen LogP contribution in [0, 0.1) is 34.5 Å². The van der Waals surface area contributed by atoms with Gasteiger partial charge in [-0.3, -0.25) is 0 Å². The van der Waals surface area contributed by atoms with Gasteiger partial charge in [-0.15, -0.1) is 0 Å². The first kappa shape index (κ1) is 28.4. The van der Waals surface area contributed by atoms with Gasteiger partial charge < -0.3 is 4.79 Å². The van der Waals surface area contributed by atoms with Gasteiger partial charge >= 0.3 is 0 Å². The van der Waals surface area contributed by atoms with E-state index in [1.807, 2.05) is 47.1 Å². The highest BCUT2D eigenvalue weighted by molar-refractivity contribution is 5.75. The second kappa shape index (κ2) is 13.2. The van der Waals surface area contributed by atoms with Crippen LogP contribution < -0.4 is 0 Å². The Balaban J connectivity index is 0.000000739. The van der Waals surface area contributed by atoms with Gasteiger partial charge in [-0.25, -0.2) is 0 Å². The van der Waals surface area contributed by atoms with Crippen LogP contribution in [-0.4, -0.2) is 5.78 Å². The van der Waals surface area contributed by atoms with Crippen LogP contribution in [0.25, 0.3) is 0 Å². The lowest BCUT2D eigenvalue weighted by atomic mass is 9.47. The highest BCUT2D eigenvalue weighted by Crippen LogP contribution is 2.66. The van der Waals surface area contributed by atoms with Gasteiger partial charge in [0.2, 0.25) is 0 Å². The molecule has 4 rings (SSSR count). The summed E-state index contributed by atoms with van der Waals surface area (Å²) in [6, 6.07) is 0. The molecule has 4 aliphatic carbocycles. The predicted molar refractivity (Wildman–Crippen MR) is 138 cm³/mol. The Bertz CT molecular complexity index is 561. The normalized spacial score (nSPS) is 37.6. The fourth-order valence-electron chi connectivity index (χ4n) is 7.88. The quantitative estimate of drug-likeness (QED) is 0.404. The first-order valence-electron chi connectivity index (χ1n) is 14.1. The summed E-state index contributed by atoms with van der Waals surface area (Å²) in [4.78, 5) is 11.3. The first-order valence-corrected chi connectivity index (χ1v) is 14.1. The Morgan fingerprint density at radius 1 is 0.935 bits per heavy atom. The minimum Gasteiger partial charge on any atom is -0.300 e. The summed E-state index contributed by atoms with van der Waals surface area (Å²) in [5.41, 5.74) is 2.93. The van der Waals surface area contributed by atoms with Crippen LogP contribution in [0.3, 0.4) is 0 Å². The minimum atomic E-state index is 0.374. The van der Waals surface area contributed by atoms with Crippen LogP contribution in [0.4, 0.5) is 0 Å². The molecule has 0 heterocycles. The molecular weight excluding hydrogens is 376 g/mol. The van der Waals surface area contributed by atoms with E-state index in [2.05, 4.69) is 19.9 Å². The highest BCUT2D eigenvalue weighted by atomic mass is 16.1. The highest BCUT2D eigenvalue weighted by Gasteiger charge is 2.57. The van der Waals surface area contributed by atoms with Crippen molar-refractivity contribution >= 4 is 5.78 Å². The zero-order valence-corrected chi connectivity index (χ0v) is 22.8. The van der Waals surface area contributed by atoms with E-state index < -0.39 is 0 Å². The molecule has 4 aliphatic rings. The lowest BCUT2D eigenvalue weighted by Gasteiger charge is -2.57. The topological polar surface area (TPSA) is 17.1 Å². The molecule has 0 saturated heterocycles. The molecule has 0 aromatic heterocycles. The van der Waals surface area contributed by atoms with E-state index in [1.165, 1.54) is 64.2 Å². The molecule has 1 heteroatoms. The number of hydrogen-bond donors (Lipinski definition) is 0. The van der Waals surface area contributed by atoms with Crippen molar-refractivity contribution in [3.63, 3.8) is 0 Å². The fraction of sp³-hybridized carbons (Fsp3) is 0.900. The summed E-state index contributed by atoms with van der Waals surface area (Å²) < 4.78 is 0. The summed E-state index contributed by atoms with van der Waals surface area (Å²) in [6.45, 7) is 19.0. The smallest absolute Gasteiger partial charge is 0.129 e. The molecule has 6 atom stereocenters. The monoisotopic (exact) mass is 432 g/mol. The molecule has 0 aromatic rings. The van der Waals surface area contributed by atoms with Crippen molar-refractivity contribution in [1.29, 1.82) is 0 Å². The number of ketones is 1. The summed E-state index contributed by atoms with van der Waals surface area (Å²) >= 11 is 0. The molecule has 6 unspecified atom stereocenters. The zero-order chi connectivity index (χ0) is 23.7. The predicted octanol–water partition coefficient (Wildman–Crippen LogP) is 9.79. The number of carbonyl (C=O) groups is 1. The van der Waals surface area contributed by atoms with Crippen LogP contribution in [0.2, 0.25) is 0 Å². The van der Waals surface area contributed by atoms with Crippen molar-refractivity contribution in [2.45, 2.75) is 139 Å². The second-order valence-electron chi connectivity index (χ2n) is 10.4. The van der Waals surface area contributed by atoms with Crippen LogP contribution >= 0.6 is 0 Å². The number of hydrogen-bond acceptors (Lipinski definition) is 1. The third-order valence-electron chi connectivity index (χ3n) is 9.30. The van der Waals surface area contributed by atoms with Gasteiger partial charge in [0.15, 0.2) is 0 Å². The molecular formula is C30H56O. The Hall–Kier alpha value is -0.590. The van der Waals surface area contributed by atoms with Crippen molar-refractivity contribution in [3.05, 3.63) is 11.6 Å². The van der Waals surface area contributed by atoms with Gasteiger partial charge in [-0.1, -0.05) is 73.5 Å². The molecule has 3 fully saturated rings. The van der Waals surface area contributed by atoms with Crippen molar-refractivity contribution < 1.29 is 4.79 Å². The Morgan fingerprint density at radius 3 is 2.26 bits per heavy atom. The summed E-state index contributed by atoms with van der Waals surface area (Å²) in [5.74, 6) is 4.11. The number of fused-ring (bicyclic) bond motifs is 5. The van der Waals surface area contributed by atoms with E-state index in [4.69, 9.17) is 0 Å². The van der Waals surface area contributed by atoms with Crippen LogP contribution in [0.5, 0.6) is 0 Å². The lowest BCUT2D eigenvalue weighted by Crippen LogP contribution is -2.49. The molecule has 31 heavy (non-hydrogen) atoms. The Kier molecular flexibility index (Phi) is 12.1. The number of carbonyl (C=O) groups excluding carboxylic acids is 1. The summed E-state index contributed by atoms with van der Waals surface area (Å²) in [6.07, 6.45) is 18.8. The van der Waals surface area contributed by atoms with Crippen LogP contribution in [0.1, 0.15) is 139 Å². The zero-order valence-electron chi connectivity index (χ0n) is 22.8. The van der Waals surface area contributed by atoms with Gasteiger partial charge in [0, 0.05) is 6.42 Å². The lowest BCUT2D eigenvalue weighted by molar-refractivity contribution is -0.117. The molecule has 0 spiro atoms. The number of Topliss-reactive ketones (excluding diaryl/α,β-unsaturated/α-hetero) is 1. The molecule has 0 N–H and O–H groups in total. The summed E-state index contributed by atoms with van der Waals surface area (Å²) in [5, 5.41) is 0. The van der Waals surface area contributed by atoms with Crippen LogP contribution in [-0.2, 0) is 4.79 Å².